The van der Waals surface area contributed by atoms with Crippen molar-refractivity contribution < 1.29 is 14.8 Å². The number of benzene rings is 3. The standard InChI is InChI=1S/C28H25N4O4/c1-17-9-11-18(12-10-17)15-30-16-25(33)31-24(28(30)34)14-22-21-7-2-3-8-23(21)29-26(22)27(31)19-5-4-6-20(13-19)32(35)36/h2-13,24,27,29,35H,14-16H2,1H3/q-1. The largest absolute Gasteiger partial charge is 0.733 e. The number of carbonyl (C=O) groups excluding carboxylic acids is 2. The van der Waals surface area contributed by atoms with Crippen LogP contribution >= 0.6 is 0 Å². The highest BCUT2D eigenvalue weighted by Crippen LogP contribution is 2.43. The van der Waals surface area contributed by atoms with E-state index in [-0.39, 0.29) is 29.3 Å². The number of rotatable bonds is 4. The number of piperazine rings is 1. The maximum atomic E-state index is 13.8. The first kappa shape index (κ1) is 22.3. The third-order valence-corrected chi connectivity index (χ3v) is 7.24. The number of anilines is 1. The number of aryl methyl sites for hydroxylation is 1. The summed E-state index contributed by atoms with van der Waals surface area (Å²) in [7, 11) is 0. The number of fused-ring (bicyclic) bond motifs is 4. The second-order valence-electron chi connectivity index (χ2n) is 9.53. The van der Waals surface area contributed by atoms with Gasteiger partial charge in [0.05, 0.1) is 11.7 Å². The van der Waals surface area contributed by atoms with Gasteiger partial charge in [0.25, 0.3) is 0 Å². The van der Waals surface area contributed by atoms with Crippen molar-refractivity contribution >= 4 is 28.4 Å². The van der Waals surface area contributed by atoms with Crippen molar-refractivity contribution in [2.45, 2.75) is 32.0 Å². The molecule has 8 heteroatoms. The molecular formula is C28H25N4O4-. The van der Waals surface area contributed by atoms with Crippen molar-refractivity contribution in [1.82, 2.24) is 14.8 Å². The minimum Gasteiger partial charge on any atom is -0.733 e. The molecule has 0 spiro atoms. The highest BCUT2D eigenvalue weighted by Gasteiger charge is 2.48. The average molecular weight is 482 g/mol. The summed E-state index contributed by atoms with van der Waals surface area (Å²) < 4.78 is 0. The van der Waals surface area contributed by atoms with Crippen LogP contribution in [-0.2, 0) is 22.6 Å². The molecule has 6 rings (SSSR count). The number of H-pyrrole nitrogens is 1. The second kappa shape index (κ2) is 8.51. The predicted octanol–water partition coefficient (Wildman–Crippen LogP) is 4.05. The third kappa shape index (κ3) is 3.62. The molecule has 2 unspecified atom stereocenters. The molecule has 1 fully saturated rings. The first-order chi connectivity index (χ1) is 17.4. The van der Waals surface area contributed by atoms with Crippen LogP contribution < -0.4 is 5.23 Å². The van der Waals surface area contributed by atoms with Crippen LogP contribution in [0.1, 0.15) is 34.0 Å². The van der Waals surface area contributed by atoms with Crippen molar-refractivity contribution in [1.29, 1.82) is 0 Å². The molecule has 182 valence electrons. The lowest BCUT2D eigenvalue weighted by Gasteiger charge is -2.47. The molecule has 2 aliphatic rings. The van der Waals surface area contributed by atoms with Gasteiger partial charge in [0.1, 0.15) is 12.6 Å². The molecule has 2 aliphatic heterocycles. The summed E-state index contributed by atoms with van der Waals surface area (Å²) in [6.07, 6.45) is 0.401. The summed E-state index contributed by atoms with van der Waals surface area (Å²) in [6.45, 7) is 2.35. The predicted molar refractivity (Wildman–Crippen MR) is 135 cm³/mol. The number of aromatic amines is 1. The van der Waals surface area contributed by atoms with E-state index < -0.39 is 12.1 Å². The van der Waals surface area contributed by atoms with Crippen molar-refractivity contribution in [3.05, 3.63) is 106 Å². The van der Waals surface area contributed by atoms with Crippen LogP contribution in [0.5, 0.6) is 0 Å². The highest BCUT2D eigenvalue weighted by atomic mass is 16.8. The molecular weight excluding hydrogens is 456 g/mol. The number of hydrogen-bond acceptors (Lipinski definition) is 5. The van der Waals surface area contributed by atoms with E-state index in [4.69, 9.17) is 0 Å². The van der Waals surface area contributed by atoms with E-state index in [1.165, 1.54) is 6.07 Å². The summed E-state index contributed by atoms with van der Waals surface area (Å²) >= 11 is 0. The maximum Gasteiger partial charge on any atom is 0.246 e. The van der Waals surface area contributed by atoms with E-state index in [1.54, 1.807) is 21.9 Å². The van der Waals surface area contributed by atoms with E-state index in [1.807, 2.05) is 61.5 Å². The Morgan fingerprint density at radius 1 is 1.06 bits per heavy atom. The van der Waals surface area contributed by atoms with Gasteiger partial charge >= 0.3 is 0 Å². The molecule has 0 bridgehead atoms. The van der Waals surface area contributed by atoms with Gasteiger partial charge in [-0.05, 0) is 41.8 Å². The Kier molecular flexibility index (Phi) is 5.28. The molecule has 36 heavy (non-hydrogen) atoms. The smallest absolute Gasteiger partial charge is 0.246 e. The summed E-state index contributed by atoms with van der Waals surface area (Å²) in [5.41, 5.74) is 5.55. The van der Waals surface area contributed by atoms with Gasteiger partial charge in [-0.1, -0.05) is 60.2 Å². The van der Waals surface area contributed by atoms with Gasteiger partial charge in [0.15, 0.2) is 0 Å². The molecule has 8 nitrogen and oxygen atoms in total. The Labute approximate surface area is 207 Å². The summed E-state index contributed by atoms with van der Waals surface area (Å²) in [6, 6.07) is 21.1. The Morgan fingerprint density at radius 2 is 1.83 bits per heavy atom. The first-order valence-corrected chi connectivity index (χ1v) is 11.9. The van der Waals surface area contributed by atoms with Gasteiger partial charge in [0, 0.05) is 29.6 Å². The van der Waals surface area contributed by atoms with Crippen LogP contribution in [0.4, 0.5) is 5.69 Å². The number of amides is 2. The van der Waals surface area contributed by atoms with E-state index in [9.17, 15) is 20.0 Å². The second-order valence-corrected chi connectivity index (χ2v) is 9.53. The van der Waals surface area contributed by atoms with Gasteiger partial charge in [-0.15, -0.1) is 0 Å². The summed E-state index contributed by atoms with van der Waals surface area (Å²) in [5, 5.41) is 21.9. The van der Waals surface area contributed by atoms with Gasteiger partial charge in [-0.25, -0.2) is 0 Å². The highest BCUT2D eigenvalue weighted by molar-refractivity contribution is 5.97. The van der Waals surface area contributed by atoms with Gasteiger partial charge in [-0.2, -0.15) is 0 Å². The zero-order chi connectivity index (χ0) is 25.0. The van der Waals surface area contributed by atoms with E-state index in [0.29, 0.717) is 18.5 Å². The molecule has 0 saturated carbocycles. The van der Waals surface area contributed by atoms with Crippen molar-refractivity contribution in [2.75, 3.05) is 11.8 Å². The monoisotopic (exact) mass is 481 g/mol. The lowest BCUT2D eigenvalue weighted by molar-refractivity contribution is -0.159. The molecule has 1 saturated heterocycles. The maximum absolute atomic E-state index is 13.8. The van der Waals surface area contributed by atoms with Crippen LogP contribution in [0.25, 0.3) is 10.9 Å². The van der Waals surface area contributed by atoms with Crippen LogP contribution in [0.3, 0.4) is 0 Å². The number of nitrogens with zero attached hydrogens (tertiary/aromatic N) is 3. The van der Waals surface area contributed by atoms with Crippen LogP contribution in [-0.4, -0.2) is 44.4 Å². The molecule has 2 amide bonds. The minimum absolute atomic E-state index is 0.0252. The fourth-order valence-corrected chi connectivity index (χ4v) is 5.53. The van der Waals surface area contributed by atoms with Crippen molar-refractivity contribution in [2.24, 2.45) is 0 Å². The third-order valence-electron chi connectivity index (χ3n) is 7.24. The van der Waals surface area contributed by atoms with E-state index in [2.05, 4.69) is 4.98 Å². The van der Waals surface area contributed by atoms with Crippen LogP contribution in [0, 0.1) is 12.1 Å². The fourth-order valence-electron chi connectivity index (χ4n) is 5.53. The SMILES string of the molecule is Cc1ccc(CN2CC(=O)N3C(Cc4c([nH]c5ccccc45)C3c3cccc(N([O-])O)c3)C2=O)cc1. The number of carbonyl (C=O) groups is 2. The average Bonchev–Trinajstić information content (AvgIpc) is 3.25. The first-order valence-electron chi connectivity index (χ1n) is 11.9. The fraction of sp³-hybridized carbons (Fsp3) is 0.214. The Hall–Kier alpha value is -4.14. The van der Waals surface area contributed by atoms with Crippen molar-refractivity contribution in [3.8, 4) is 0 Å². The summed E-state index contributed by atoms with van der Waals surface area (Å²) in [5.74, 6) is -0.255. The minimum atomic E-state index is -0.672. The topological polar surface area (TPSA) is 103 Å². The number of nitrogens with one attached hydrogen (secondary N) is 1. The molecule has 2 N–H and O–H groups in total. The normalized spacial score (nSPS) is 19.4. The molecule has 3 heterocycles. The summed E-state index contributed by atoms with van der Waals surface area (Å²) in [4.78, 5) is 34.2. The number of para-hydroxylation sites is 1. The lowest BCUT2D eigenvalue weighted by Crippen LogP contribution is -2.62. The van der Waals surface area contributed by atoms with Crippen LogP contribution in [0.15, 0.2) is 72.8 Å². The quantitative estimate of drug-likeness (QED) is 0.428. The Bertz CT molecular complexity index is 1480. The number of aromatic nitrogens is 1. The molecule has 1 aromatic heterocycles. The van der Waals surface area contributed by atoms with Gasteiger partial charge < -0.3 is 25.2 Å². The molecule has 4 aromatic rings. The Morgan fingerprint density at radius 3 is 2.61 bits per heavy atom. The van der Waals surface area contributed by atoms with E-state index in [0.717, 1.165) is 33.3 Å². The van der Waals surface area contributed by atoms with Gasteiger partial charge in [-0.3, -0.25) is 14.8 Å². The van der Waals surface area contributed by atoms with Crippen molar-refractivity contribution in [3.63, 3.8) is 0 Å². The molecule has 0 aliphatic carbocycles. The number of hydrogen-bond donors (Lipinski definition) is 2. The van der Waals surface area contributed by atoms with Crippen LogP contribution in [0.2, 0.25) is 0 Å². The zero-order valence-corrected chi connectivity index (χ0v) is 19.7. The van der Waals surface area contributed by atoms with E-state index >= 15 is 0 Å². The molecule has 3 aromatic carbocycles. The zero-order valence-electron chi connectivity index (χ0n) is 19.7. The lowest BCUT2D eigenvalue weighted by atomic mass is 9.86. The van der Waals surface area contributed by atoms with Gasteiger partial charge in [0.2, 0.25) is 11.8 Å². The Balaban J connectivity index is 1.45. The molecule has 0 radical (unpaired) electrons. The molecule has 2 atom stereocenters.